The zero-order valence-electron chi connectivity index (χ0n) is 19.3. The van der Waals surface area contributed by atoms with Crippen molar-refractivity contribution in [2.75, 3.05) is 33.3 Å². The Morgan fingerprint density at radius 2 is 1.82 bits per heavy atom. The van der Waals surface area contributed by atoms with E-state index in [9.17, 15) is 14.4 Å². The maximum Gasteiger partial charge on any atom is 0.246 e. The van der Waals surface area contributed by atoms with Gasteiger partial charge >= 0.3 is 0 Å². The molecule has 1 unspecified atom stereocenters. The lowest BCUT2D eigenvalue weighted by Gasteiger charge is -2.39. The van der Waals surface area contributed by atoms with Crippen LogP contribution in [-0.2, 0) is 27.3 Å². The second-order valence-corrected chi connectivity index (χ2v) is 8.80. The average molecular weight is 450 g/mol. The molecule has 174 valence electrons. The Kier molecular flexibility index (Phi) is 6.96. The van der Waals surface area contributed by atoms with Crippen LogP contribution >= 0.6 is 0 Å². The first-order valence-corrected chi connectivity index (χ1v) is 11.5. The molecule has 0 bridgehead atoms. The smallest absolute Gasteiger partial charge is 0.246 e. The van der Waals surface area contributed by atoms with Gasteiger partial charge in [0.05, 0.1) is 7.11 Å². The summed E-state index contributed by atoms with van der Waals surface area (Å²) in [6, 6.07) is 15.2. The van der Waals surface area contributed by atoms with E-state index in [4.69, 9.17) is 4.74 Å². The highest BCUT2D eigenvalue weighted by molar-refractivity contribution is 5.95. The largest absolute Gasteiger partial charge is 0.497 e. The molecule has 0 saturated carbocycles. The Hall–Kier alpha value is -3.35. The number of rotatable bonds is 6. The molecule has 2 fully saturated rings. The Balaban J connectivity index is 1.36. The summed E-state index contributed by atoms with van der Waals surface area (Å²) in [7, 11) is 1.63. The number of piperazine rings is 1. The van der Waals surface area contributed by atoms with Gasteiger partial charge in [-0.15, -0.1) is 0 Å². The summed E-state index contributed by atoms with van der Waals surface area (Å²) in [5.41, 5.74) is 3.23. The number of ether oxygens (including phenoxy) is 1. The normalized spacial score (nSPS) is 18.7. The van der Waals surface area contributed by atoms with E-state index in [0.717, 1.165) is 22.4 Å². The van der Waals surface area contributed by atoms with Gasteiger partial charge in [0, 0.05) is 32.6 Å². The molecule has 0 radical (unpaired) electrons. The molecule has 2 aromatic carbocycles. The minimum absolute atomic E-state index is 0.0244. The Morgan fingerprint density at radius 1 is 1.03 bits per heavy atom. The number of carbonyl (C=O) groups excluding carboxylic acids is 3. The third-order valence-electron chi connectivity index (χ3n) is 6.50. The fourth-order valence-corrected chi connectivity index (χ4v) is 4.64. The van der Waals surface area contributed by atoms with E-state index in [1.807, 2.05) is 55.5 Å². The minimum Gasteiger partial charge on any atom is -0.497 e. The van der Waals surface area contributed by atoms with Gasteiger partial charge in [-0.3, -0.25) is 14.4 Å². The summed E-state index contributed by atoms with van der Waals surface area (Å²) in [6.07, 6.45) is 1.52. The average Bonchev–Trinajstić information content (AvgIpc) is 3.05. The van der Waals surface area contributed by atoms with Crippen molar-refractivity contribution in [2.45, 2.75) is 38.8 Å². The predicted octanol–water partition coefficient (Wildman–Crippen LogP) is 2.41. The maximum absolute atomic E-state index is 13.2. The van der Waals surface area contributed by atoms with Gasteiger partial charge in [-0.2, -0.15) is 0 Å². The fourth-order valence-electron chi connectivity index (χ4n) is 4.64. The molecule has 0 aromatic heterocycles. The van der Waals surface area contributed by atoms with Crippen LogP contribution in [0.3, 0.4) is 0 Å². The number of hydrogen-bond acceptors (Lipinski definition) is 4. The first-order chi connectivity index (χ1) is 15.9. The van der Waals surface area contributed by atoms with Crippen LogP contribution in [0.2, 0.25) is 0 Å². The number of carbonyl (C=O) groups is 3. The molecule has 0 N–H and O–H groups in total. The van der Waals surface area contributed by atoms with Gasteiger partial charge in [0.1, 0.15) is 18.3 Å². The van der Waals surface area contributed by atoms with Crippen LogP contribution < -0.4 is 4.74 Å². The molecule has 0 aliphatic carbocycles. The van der Waals surface area contributed by atoms with Crippen LogP contribution in [-0.4, -0.2) is 71.8 Å². The van der Waals surface area contributed by atoms with Crippen LogP contribution in [0.4, 0.5) is 0 Å². The Labute approximate surface area is 194 Å². The minimum atomic E-state index is -0.490. The highest BCUT2D eigenvalue weighted by Crippen LogP contribution is 2.22. The molecule has 2 aliphatic rings. The van der Waals surface area contributed by atoms with Gasteiger partial charge in [0.2, 0.25) is 17.7 Å². The summed E-state index contributed by atoms with van der Waals surface area (Å²) < 4.78 is 5.18. The zero-order valence-corrected chi connectivity index (χ0v) is 19.3. The number of benzene rings is 2. The van der Waals surface area contributed by atoms with Crippen LogP contribution in [0.5, 0.6) is 5.75 Å². The van der Waals surface area contributed by atoms with Crippen LogP contribution in [0, 0.1) is 6.92 Å². The second kappa shape index (κ2) is 10.1. The van der Waals surface area contributed by atoms with Crippen molar-refractivity contribution in [3.05, 3.63) is 65.2 Å². The summed E-state index contributed by atoms with van der Waals surface area (Å²) in [5, 5.41) is 0. The third kappa shape index (κ3) is 5.35. The lowest BCUT2D eigenvalue weighted by molar-refractivity contribution is -0.156. The molecule has 4 rings (SSSR count). The van der Waals surface area contributed by atoms with Crippen molar-refractivity contribution >= 4 is 17.7 Å². The summed E-state index contributed by atoms with van der Waals surface area (Å²) in [6.45, 7) is 3.90. The van der Waals surface area contributed by atoms with Crippen molar-refractivity contribution in [1.29, 1.82) is 0 Å². The number of nitrogens with zero attached hydrogens (tertiary/aromatic N) is 3. The van der Waals surface area contributed by atoms with Crippen molar-refractivity contribution in [3.8, 4) is 5.75 Å². The first kappa shape index (κ1) is 22.8. The van der Waals surface area contributed by atoms with E-state index in [-0.39, 0.29) is 24.3 Å². The SMILES string of the molecule is COc1ccc(CCC(=O)N2CCC3C(=O)N(Cc4cccc(C)c4)CC(=O)N3CC2)cc1. The van der Waals surface area contributed by atoms with Gasteiger partial charge in [0.15, 0.2) is 0 Å². The first-order valence-electron chi connectivity index (χ1n) is 11.5. The van der Waals surface area contributed by atoms with Crippen molar-refractivity contribution in [2.24, 2.45) is 0 Å². The van der Waals surface area contributed by atoms with Crippen LogP contribution in [0.25, 0.3) is 0 Å². The summed E-state index contributed by atoms with van der Waals surface area (Å²) in [4.78, 5) is 44.0. The van der Waals surface area contributed by atoms with Crippen LogP contribution in [0.15, 0.2) is 48.5 Å². The topological polar surface area (TPSA) is 70.2 Å². The third-order valence-corrected chi connectivity index (χ3v) is 6.50. The monoisotopic (exact) mass is 449 g/mol. The lowest BCUT2D eigenvalue weighted by atomic mass is 10.1. The van der Waals surface area contributed by atoms with Crippen molar-refractivity contribution in [3.63, 3.8) is 0 Å². The van der Waals surface area contributed by atoms with Crippen molar-refractivity contribution < 1.29 is 19.1 Å². The number of amides is 3. The van der Waals surface area contributed by atoms with Gasteiger partial charge in [-0.05, 0) is 43.0 Å². The molecule has 7 heteroatoms. The summed E-state index contributed by atoms with van der Waals surface area (Å²) in [5.74, 6) is 0.783. The number of aryl methyl sites for hydroxylation is 2. The molecule has 2 aliphatic heterocycles. The molecule has 2 saturated heterocycles. The van der Waals surface area contributed by atoms with E-state index in [1.165, 1.54) is 0 Å². The molecular weight excluding hydrogens is 418 g/mol. The molecule has 3 amide bonds. The molecule has 2 aromatic rings. The molecule has 7 nitrogen and oxygen atoms in total. The second-order valence-electron chi connectivity index (χ2n) is 8.80. The van der Waals surface area contributed by atoms with Crippen molar-refractivity contribution in [1.82, 2.24) is 14.7 Å². The predicted molar refractivity (Wildman–Crippen MR) is 125 cm³/mol. The Bertz CT molecular complexity index is 1020. The summed E-state index contributed by atoms with van der Waals surface area (Å²) >= 11 is 0. The van der Waals surface area contributed by atoms with Gasteiger partial charge in [-0.25, -0.2) is 0 Å². The van der Waals surface area contributed by atoms with Crippen LogP contribution in [0.1, 0.15) is 29.5 Å². The molecule has 1 atom stereocenters. The highest BCUT2D eigenvalue weighted by atomic mass is 16.5. The molecule has 2 heterocycles. The number of methoxy groups -OCH3 is 1. The zero-order chi connectivity index (χ0) is 23.4. The standard InChI is InChI=1S/C26H31N3O4/c1-19-4-3-5-21(16-19)17-28-18-25(31)29-15-14-27(13-12-23(29)26(28)32)24(30)11-8-20-6-9-22(33-2)10-7-20/h3-7,9-10,16,23H,8,11-15,17-18H2,1-2H3. The fraction of sp³-hybridized carbons (Fsp3) is 0.423. The molecule has 0 spiro atoms. The van der Waals surface area contributed by atoms with E-state index >= 15 is 0 Å². The molecular formula is C26H31N3O4. The Morgan fingerprint density at radius 3 is 2.55 bits per heavy atom. The van der Waals surface area contributed by atoms with E-state index in [1.54, 1.807) is 21.8 Å². The van der Waals surface area contributed by atoms with Gasteiger partial charge < -0.3 is 19.4 Å². The quantitative estimate of drug-likeness (QED) is 0.679. The number of hydrogen-bond donors (Lipinski definition) is 0. The number of fused-ring (bicyclic) bond motifs is 1. The molecule has 33 heavy (non-hydrogen) atoms. The highest BCUT2D eigenvalue weighted by Gasteiger charge is 2.41. The maximum atomic E-state index is 13.2. The van der Waals surface area contributed by atoms with Gasteiger partial charge in [0.25, 0.3) is 0 Å². The lowest BCUT2D eigenvalue weighted by Crippen LogP contribution is -2.59. The van der Waals surface area contributed by atoms with Gasteiger partial charge in [-0.1, -0.05) is 42.0 Å². The van der Waals surface area contributed by atoms with E-state index < -0.39 is 6.04 Å². The van der Waals surface area contributed by atoms with E-state index in [2.05, 4.69) is 0 Å². The van der Waals surface area contributed by atoms with E-state index in [0.29, 0.717) is 45.4 Å².